The van der Waals surface area contributed by atoms with Gasteiger partial charge in [-0.15, -0.1) is 0 Å². The van der Waals surface area contributed by atoms with Crippen LogP contribution in [0.15, 0.2) is 34.4 Å². The van der Waals surface area contributed by atoms with Crippen LogP contribution in [0.1, 0.15) is 13.8 Å². The Morgan fingerprint density at radius 1 is 1.43 bits per heavy atom. The predicted octanol–water partition coefficient (Wildman–Crippen LogP) is 2.04. The number of hydrazone groups is 1. The zero-order valence-corrected chi connectivity index (χ0v) is 13.2. The number of ether oxygens (including phenoxy) is 1. The molecular formula is C15H18N4O4. The van der Waals surface area contributed by atoms with Crippen LogP contribution in [0.25, 0.3) is 0 Å². The Hall–Kier alpha value is -2.61. The van der Waals surface area contributed by atoms with E-state index in [4.69, 9.17) is 4.74 Å². The van der Waals surface area contributed by atoms with E-state index in [1.165, 1.54) is 29.3 Å². The number of aliphatic imine (C=N–C) groups is 1. The van der Waals surface area contributed by atoms with Crippen LogP contribution in [0, 0.1) is 16.0 Å². The smallest absolute Gasteiger partial charge is 0.269 e. The molecule has 23 heavy (non-hydrogen) atoms. The van der Waals surface area contributed by atoms with Gasteiger partial charge in [-0.2, -0.15) is 10.1 Å². The molecule has 1 aromatic carbocycles. The largest absolute Gasteiger partial charge is 0.383 e. The highest BCUT2D eigenvalue weighted by atomic mass is 16.6. The van der Waals surface area contributed by atoms with Gasteiger partial charge in [-0.25, -0.2) is 0 Å². The standard InChI is InChI=1S/C15H18N4O4/c1-10(16-8-9-23-3)14-11(2)17-18(15(14)20)12-4-6-13(7-5-12)19(21)22/h4-7,14H,8-9H2,1-3H3/t14-/m0/s1. The van der Waals surface area contributed by atoms with Gasteiger partial charge in [0, 0.05) is 25.0 Å². The summed E-state index contributed by atoms with van der Waals surface area (Å²) in [5.74, 6) is -0.711. The summed E-state index contributed by atoms with van der Waals surface area (Å²) in [5.41, 5.74) is 1.78. The van der Waals surface area contributed by atoms with Gasteiger partial charge in [-0.1, -0.05) is 0 Å². The van der Waals surface area contributed by atoms with Crippen molar-refractivity contribution in [3.63, 3.8) is 0 Å². The van der Waals surface area contributed by atoms with Crippen molar-refractivity contribution in [1.29, 1.82) is 0 Å². The second-order valence-electron chi connectivity index (χ2n) is 5.11. The Kier molecular flexibility index (Phi) is 5.17. The molecule has 1 heterocycles. The fourth-order valence-electron chi connectivity index (χ4n) is 2.35. The van der Waals surface area contributed by atoms with Crippen LogP contribution in [0.5, 0.6) is 0 Å². The fourth-order valence-corrected chi connectivity index (χ4v) is 2.35. The van der Waals surface area contributed by atoms with Gasteiger partial charge >= 0.3 is 0 Å². The molecule has 8 heteroatoms. The lowest BCUT2D eigenvalue weighted by molar-refractivity contribution is -0.384. The molecule has 1 aliphatic rings. The summed E-state index contributed by atoms with van der Waals surface area (Å²) in [6.45, 7) is 4.53. The molecule has 0 fully saturated rings. The molecule has 1 amide bonds. The number of benzene rings is 1. The summed E-state index contributed by atoms with van der Waals surface area (Å²) in [6.07, 6.45) is 0. The molecule has 122 valence electrons. The number of non-ortho nitro benzene ring substituents is 1. The molecule has 0 spiro atoms. The molecule has 0 aromatic heterocycles. The predicted molar refractivity (Wildman–Crippen MR) is 87.0 cm³/mol. The number of nitro groups is 1. The van der Waals surface area contributed by atoms with Crippen LogP contribution in [-0.4, -0.2) is 42.5 Å². The SMILES string of the molecule is COCCN=C(C)[C@@H]1C(=O)N(c2ccc([N+](=O)[O-])cc2)N=C1C. The summed E-state index contributed by atoms with van der Waals surface area (Å²) >= 11 is 0. The zero-order valence-electron chi connectivity index (χ0n) is 13.2. The number of nitrogens with zero attached hydrogens (tertiary/aromatic N) is 4. The fraction of sp³-hybridized carbons (Fsp3) is 0.400. The Morgan fingerprint density at radius 2 is 2.09 bits per heavy atom. The van der Waals surface area contributed by atoms with Crippen LogP contribution in [0.3, 0.4) is 0 Å². The maximum Gasteiger partial charge on any atom is 0.269 e. The molecule has 0 aliphatic carbocycles. The van der Waals surface area contributed by atoms with Gasteiger partial charge < -0.3 is 4.74 Å². The number of hydrogen-bond acceptors (Lipinski definition) is 6. The summed E-state index contributed by atoms with van der Waals surface area (Å²) < 4.78 is 4.94. The van der Waals surface area contributed by atoms with E-state index in [9.17, 15) is 14.9 Å². The van der Waals surface area contributed by atoms with Gasteiger partial charge in [0.05, 0.1) is 29.5 Å². The number of carbonyl (C=O) groups is 1. The molecule has 0 bridgehead atoms. The van der Waals surface area contributed by atoms with E-state index in [1.54, 1.807) is 21.0 Å². The highest BCUT2D eigenvalue weighted by molar-refractivity contribution is 6.27. The van der Waals surface area contributed by atoms with Gasteiger partial charge in [0.1, 0.15) is 5.92 Å². The van der Waals surface area contributed by atoms with Gasteiger partial charge in [0.15, 0.2) is 0 Å². The summed E-state index contributed by atoms with van der Waals surface area (Å²) in [4.78, 5) is 27.1. The number of amides is 1. The van der Waals surface area contributed by atoms with Crippen molar-refractivity contribution < 1.29 is 14.5 Å². The average Bonchev–Trinajstić information content (AvgIpc) is 2.82. The third-order valence-corrected chi connectivity index (χ3v) is 3.51. The van der Waals surface area contributed by atoms with Gasteiger partial charge in [-0.05, 0) is 26.0 Å². The van der Waals surface area contributed by atoms with E-state index in [0.29, 0.717) is 30.3 Å². The van der Waals surface area contributed by atoms with Crippen LogP contribution in [0.2, 0.25) is 0 Å². The van der Waals surface area contributed by atoms with Crippen LogP contribution >= 0.6 is 0 Å². The van der Waals surface area contributed by atoms with E-state index in [2.05, 4.69) is 10.1 Å². The molecule has 0 saturated heterocycles. The molecule has 0 saturated carbocycles. The first-order valence-corrected chi connectivity index (χ1v) is 7.09. The minimum absolute atomic E-state index is 0.0324. The third-order valence-electron chi connectivity index (χ3n) is 3.51. The molecule has 0 radical (unpaired) electrons. The van der Waals surface area contributed by atoms with Crippen molar-refractivity contribution in [2.45, 2.75) is 13.8 Å². The lowest BCUT2D eigenvalue weighted by atomic mass is 9.99. The highest BCUT2D eigenvalue weighted by Crippen LogP contribution is 2.26. The van der Waals surface area contributed by atoms with Crippen LogP contribution in [-0.2, 0) is 9.53 Å². The Balaban J connectivity index is 2.19. The van der Waals surface area contributed by atoms with Crippen molar-refractivity contribution in [2.75, 3.05) is 25.3 Å². The van der Waals surface area contributed by atoms with Gasteiger partial charge in [0.2, 0.25) is 0 Å². The van der Waals surface area contributed by atoms with Crippen molar-refractivity contribution in [3.8, 4) is 0 Å². The first-order valence-electron chi connectivity index (χ1n) is 7.09. The first-order chi connectivity index (χ1) is 11.0. The minimum Gasteiger partial charge on any atom is -0.383 e. The summed E-state index contributed by atoms with van der Waals surface area (Å²) in [5, 5.41) is 16.2. The number of methoxy groups -OCH3 is 1. The maximum atomic E-state index is 12.6. The first kappa shape index (κ1) is 16.8. The molecular weight excluding hydrogens is 300 g/mol. The average molecular weight is 318 g/mol. The molecule has 1 aliphatic heterocycles. The van der Waals surface area contributed by atoms with Crippen molar-refractivity contribution in [1.82, 2.24) is 0 Å². The lowest BCUT2D eigenvalue weighted by Crippen LogP contribution is -2.31. The van der Waals surface area contributed by atoms with E-state index >= 15 is 0 Å². The lowest BCUT2D eigenvalue weighted by Gasteiger charge is -2.14. The van der Waals surface area contributed by atoms with Crippen molar-refractivity contribution in [2.24, 2.45) is 16.0 Å². The number of hydrogen-bond donors (Lipinski definition) is 0. The number of nitro benzene ring substituents is 1. The van der Waals surface area contributed by atoms with E-state index in [1.807, 2.05) is 0 Å². The van der Waals surface area contributed by atoms with Crippen molar-refractivity contribution in [3.05, 3.63) is 34.4 Å². The molecule has 8 nitrogen and oxygen atoms in total. The van der Waals surface area contributed by atoms with E-state index in [0.717, 1.165) is 0 Å². The Bertz CT molecular complexity index is 667. The van der Waals surface area contributed by atoms with Gasteiger partial charge in [-0.3, -0.25) is 19.9 Å². The number of rotatable bonds is 6. The van der Waals surface area contributed by atoms with E-state index < -0.39 is 10.8 Å². The summed E-state index contributed by atoms with van der Waals surface area (Å²) in [6, 6.07) is 5.71. The van der Waals surface area contributed by atoms with Crippen LogP contribution in [0.4, 0.5) is 11.4 Å². The topological polar surface area (TPSA) is 97.4 Å². The zero-order chi connectivity index (χ0) is 17.0. The molecule has 1 aromatic rings. The Labute approximate surface area is 133 Å². The van der Waals surface area contributed by atoms with E-state index in [-0.39, 0.29) is 11.6 Å². The second-order valence-corrected chi connectivity index (χ2v) is 5.11. The molecule has 2 rings (SSSR count). The molecule has 1 atom stereocenters. The molecule has 0 unspecified atom stereocenters. The second kappa shape index (κ2) is 7.10. The third kappa shape index (κ3) is 3.59. The number of carbonyl (C=O) groups excluding carboxylic acids is 1. The van der Waals surface area contributed by atoms with Gasteiger partial charge in [0.25, 0.3) is 11.6 Å². The Morgan fingerprint density at radius 3 is 2.65 bits per heavy atom. The minimum atomic E-state index is -0.498. The monoisotopic (exact) mass is 318 g/mol. The normalized spacial score (nSPS) is 18.3. The quantitative estimate of drug-likeness (QED) is 0.347. The number of anilines is 1. The molecule has 0 N–H and O–H groups in total. The highest BCUT2D eigenvalue weighted by Gasteiger charge is 2.36. The van der Waals surface area contributed by atoms with Crippen molar-refractivity contribution >= 4 is 28.7 Å². The maximum absolute atomic E-state index is 12.6. The van der Waals surface area contributed by atoms with Crippen LogP contribution < -0.4 is 5.01 Å². The summed E-state index contributed by atoms with van der Waals surface area (Å²) in [7, 11) is 1.59.